The Morgan fingerprint density at radius 2 is 1.81 bits per heavy atom. The molecule has 21 heavy (non-hydrogen) atoms. The number of amides is 2. The fourth-order valence-electron chi connectivity index (χ4n) is 1.47. The van der Waals surface area contributed by atoms with E-state index in [0.29, 0.717) is 17.2 Å². The van der Waals surface area contributed by atoms with Gasteiger partial charge in [-0.2, -0.15) is 0 Å². The Hall–Kier alpha value is -2.44. The van der Waals surface area contributed by atoms with Gasteiger partial charge in [-0.25, -0.2) is 4.79 Å². The van der Waals surface area contributed by atoms with Gasteiger partial charge in [0.2, 0.25) is 0 Å². The Morgan fingerprint density at radius 3 is 2.33 bits per heavy atom. The number of hydrogen-bond acceptors (Lipinski definition) is 4. The van der Waals surface area contributed by atoms with Crippen molar-refractivity contribution in [2.24, 2.45) is 5.41 Å². The molecular formula is C14H20N2O5. The first-order valence-electron chi connectivity index (χ1n) is 6.30. The molecule has 1 rings (SSSR count). The summed E-state index contributed by atoms with van der Waals surface area (Å²) in [4.78, 5) is 22.7. The number of aliphatic carboxylic acids is 1. The van der Waals surface area contributed by atoms with Crippen molar-refractivity contribution < 1.29 is 24.2 Å². The maximum atomic E-state index is 11.7. The van der Waals surface area contributed by atoms with Gasteiger partial charge in [-0.1, -0.05) is 0 Å². The number of hydrogen-bond donors (Lipinski definition) is 3. The summed E-state index contributed by atoms with van der Waals surface area (Å²) >= 11 is 0. The van der Waals surface area contributed by atoms with Crippen LogP contribution in [0.4, 0.5) is 10.5 Å². The molecule has 1 aromatic rings. The van der Waals surface area contributed by atoms with Crippen LogP contribution in [0.1, 0.15) is 13.8 Å². The third kappa shape index (κ3) is 4.55. The zero-order valence-corrected chi connectivity index (χ0v) is 12.5. The largest absolute Gasteiger partial charge is 0.493 e. The van der Waals surface area contributed by atoms with E-state index in [4.69, 9.17) is 14.6 Å². The van der Waals surface area contributed by atoms with Crippen molar-refractivity contribution >= 4 is 17.7 Å². The van der Waals surface area contributed by atoms with E-state index in [1.54, 1.807) is 18.2 Å². The van der Waals surface area contributed by atoms with E-state index in [2.05, 4.69) is 10.6 Å². The number of nitrogens with one attached hydrogen (secondary N) is 2. The average molecular weight is 296 g/mol. The monoisotopic (exact) mass is 296 g/mol. The average Bonchev–Trinajstić information content (AvgIpc) is 2.45. The van der Waals surface area contributed by atoms with Gasteiger partial charge < -0.3 is 25.2 Å². The summed E-state index contributed by atoms with van der Waals surface area (Å²) in [6.45, 7) is 3.08. The number of carboxylic acid groups (broad SMARTS) is 1. The highest BCUT2D eigenvalue weighted by atomic mass is 16.5. The summed E-state index contributed by atoms with van der Waals surface area (Å²) in [5, 5.41) is 14.1. The SMILES string of the molecule is COc1ccc(NC(=O)NCC(C)(C)C(=O)O)cc1OC. The second kappa shape index (κ2) is 6.83. The van der Waals surface area contributed by atoms with Crippen molar-refractivity contribution in [1.82, 2.24) is 5.32 Å². The predicted molar refractivity (Wildman–Crippen MR) is 78.0 cm³/mol. The standard InChI is InChI=1S/C14H20N2O5/c1-14(2,12(17)18)8-15-13(19)16-9-5-6-10(20-3)11(7-9)21-4/h5-7H,8H2,1-4H3,(H,17,18)(H2,15,16,19). The molecule has 0 aliphatic rings. The smallest absolute Gasteiger partial charge is 0.319 e. The van der Waals surface area contributed by atoms with E-state index >= 15 is 0 Å². The van der Waals surface area contributed by atoms with Gasteiger partial charge in [0, 0.05) is 18.3 Å². The minimum absolute atomic E-state index is 0.0153. The highest BCUT2D eigenvalue weighted by Gasteiger charge is 2.27. The molecule has 0 fully saturated rings. The van der Waals surface area contributed by atoms with E-state index in [1.165, 1.54) is 28.1 Å². The lowest BCUT2D eigenvalue weighted by molar-refractivity contribution is -0.146. The highest BCUT2D eigenvalue weighted by molar-refractivity contribution is 5.90. The number of rotatable bonds is 6. The highest BCUT2D eigenvalue weighted by Crippen LogP contribution is 2.29. The molecule has 2 amide bonds. The van der Waals surface area contributed by atoms with Gasteiger partial charge in [-0.15, -0.1) is 0 Å². The van der Waals surface area contributed by atoms with Crippen molar-refractivity contribution in [3.63, 3.8) is 0 Å². The molecule has 0 atom stereocenters. The number of ether oxygens (including phenoxy) is 2. The topological polar surface area (TPSA) is 96.9 Å². The molecule has 7 nitrogen and oxygen atoms in total. The number of methoxy groups -OCH3 is 2. The summed E-state index contributed by atoms with van der Waals surface area (Å²) in [5.74, 6) is 0.0607. The Morgan fingerprint density at radius 1 is 1.19 bits per heavy atom. The molecule has 116 valence electrons. The van der Waals surface area contributed by atoms with E-state index < -0.39 is 17.4 Å². The molecule has 0 saturated carbocycles. The molecular weight excluding hydrogens is 276 g/mol. The van der Waals surface area contributed by atoms with Crippen LogP contribution in [-0.4, -0.2) is 37.9 Å². The molecule has 3 N–H and O–H groups in total. The maximum Gasteiger partial charge on any atom is 0.319 e. The number of carboxylic acids is 1. The minimum atomic E-state index is -1.03. The van der Waals surface area contributed by atoms with Crippen LogP contribution in [0.2, 0.25) is 0 Å². The van der Waals surface area contributed by atoms with E-state index in [0.717, 1.165) is 0 Å². The normalized spacial score (nSPS) is 10.7. The number of carbonyl (C=O) groups excluding carboxylic acids is 1. The van der Waals surface area contributed by atoms with Gasteiger partial charge in [-0.05, 0) is 26.0 Å². The Labute approximate surface area is 123 Å². The van der Waals surface area contributed by atoms with Gasteiger partial charge in [0.25, 0.3) is 0 Å². The molecule has 0 unspecified atom stereocenters. The van der Waals surface area contributed by atoms with Gasteiger partial charge in [0.1, 0.15) is 0 Å². The second-order valence-corrected chi connectivity index (χ2v) is 5.07. The van der Waals surface area contributed by atoms with Crippen LogP contribution in [0, 0.1) is 5.41 Å². The van der Waals surface area contributed by atoms with Gasteiger partial charge in [0.05, 0.1) is 19.6 Å². The molecule has 0 spiro atoms. The van der Waals surface area contributed by atoms with E-state index in [9.17, 15) is 9.59 Å². The molecule has 0 saturated heterocycles. The number of urea groups is 1. The van der Waals surface area contributed by atoms with Crippen molar-refractivity contribution in [2.75, 3.05) is 26.1 Å². The number of carbonyl (C=O) groups is 2. The third-order valence-electron chi connectivity index (χ3n) is 2.91. The molecule has 0 heterocycles. The van der Waals surface area contributed by atoms with Gasteiger partial charge in [-0.3, -0.25) is 4.79 Å². The van der Waals surface area contributed by atoms with Crippen LogP contribution in [0.5, 0.6) is 11.5 Å². The molecule has 0 aliphatic heterocycles. The van der Waals surface area contributed by atoms with Crippen LogP contribution in [-0.2, 0) is 4.79 Å². The zero-order chi connectivity index (χ0) is 16.0. The van der Waals surface area contributed by atoms with Crippen molar-refractivity contribution in [2.45, 2.75) is 13.8 Å². The Kier molecular flexibility index (Phi) is 5.40. The summed E-state index contributed by atoms with van der Waals surface area (Å²) in [6, 6.07) is 4.44. The Balaban J connectivity index is 2.65. The lowest BCUT2D eigenvalue weighted by atomic mass is 9.94. The van der Waals surface area contributed by atoms with Gasteiger partial charge in [0.15, 0.2) is 11.5 Å². The summed E-state index contributed by atoms with van der Waals surface area (Å²) in [7, 11) is 3.02. The first-order chi connectivity index (χ1) is 9.80. The molecule has 0 radical (unpaired) electrons. The number of anilines is 1. The van der Waals surface area contributed by atoms with Crippen LogP contribution in [0.25, 0.3) is 0 Å². The molecule has 0 aromatic heterocycles. The molecule has 7 heteroatoms. The van der Waals surface area contributed by atoms with Gasteiger partial charge >= 0.3 is 12.0 Å². The Bertz CT molecular complexity index is 528. The quantitative estimate of drug-likeness (QED) is 0.745. The summed E-state index contributed by atoms with van der Waals surface area (Å²) < 4.78 is 10.2. The first-order valence-corrected chi connectivity index (χ1v) is 6.30. The van der Waals surface area contributed by atoms with Crippen LogP contribution >= 0.6 is 0 Å². The fraction of sp³-hybridized carbons (Fsp3) is 0.429. The maximum absolute atomic E-state index is 11.7. The molecule has 0 bridgehead atoms. The van der Waals surface area contributed by atoms with Crippen LogP contribution < -0.4 is 20.1 Å². The lowest BCUT2D eigenvalue weighted by Gasteiger charge is -2.19. The zero-order valence-electron chi connectivity index (χ0n) is 12.5. The predicted octanol–water partition coefficient (Wildman–Crippen LogP) is 1.94. The number of benzene rings is 1. The summed E-state index contributed by atoms with van der Waals surface area (Å²) in [6.07, 6.45) is 0. The minimum Gasteiger partial charge on any atom is -0.493 e. The lowest BCUT2D eigenvalue weighted by Crippen LogP contribution is -2.40. The third-order valence-corrected chi connectivity index (χ3v) is 2.91. The van der Waals surface area contributed by atoms with Crippen molar-refractivity contribution in [3.8, 4) is 11.5 Å². The molecule has 0 aliphatic carbocycles. The van der Waals surface area contributed by atoms with Crippen molar-refractivity contribution in [3.05, 3.63) is 18.2 Å². The van der Waals surface area contributed by atoms with Crippen LogP contribution in [0.15, 0.2) is 18.2 Å². The molecule has 1 aromatic carbocycles. The summed E-state index contributed by atoms with van der Waals surface area (Å²) in [5.41, 5.74) is -0.521. The van der Waals surface area contributed by atoms with E-state index in [1.807, 2.05) is 0 Å². The van der Waals surface area contributed by atoms with E-state index in [-0.39, 0.29) is 6.54 Å². The first kappa shape index (κ1) is 16.6. The van der Waals surface area contributed by atoms with Crippen LogP contribution in [0.3, 0.4) is 0 Å². The second-order valence-electron chi connectivity index (χ2n) is 5.07. The van der Waals surface area contributed by atoms with Crippen molar-refractivity contribution in [1.29, 1.82) is 0 Å². The fourth-order valence-corrected chi connectivity index (χ4v) is 1.47.